The number of amides is 1. The van der Waals surface area contributed by atoms with Crippen molar-refractivity contribution in [2.24, 2.45) is 0 Å². The SMILES string of the molecule is CCn1cc(Cl)cc1C(=O)N(C)CC1CNCCO1. The minimum Gasteiger partial charge on any atom is -0.374 e. The molecule has 1 unspecified atom stereocenters. The minimum absolute atomic E-state index is 0.0251. The van der Waals surface area contributed by atoms with Gasteiger partial charge in [-0.25, -0.2) is 0 Å². The number of halogens is 1. The van der Waals surface area contributed by atoms with Crippen LogP contribution in [0.5, 0.6) is 0 Å². The van der Waals surface area contributed by atoms with Crippen LogP contribution in [-0.2, 0) is 11.3 Å². The average Bonchev–Trinajstić information content (AvgIpc) is 2.80. The summed E-state index contributed by atoms with van der Waals surface area (Å²) in [7, 11) is 1.79. The summed E-state index contributed by atoms with van der Waals surface area (Å²) in [6.45, 7) is 5.65. The van der Waals surface area contributed by atoms with Crippen molar-refractivity contribution in [3.63, 3.8) is 0 Å². The fourth-order valence-corrected chi connectivity index (χ4v) is 2.46. The summed E-state index contributed by atoms with van der Waals surface area (Å²) in [5.41, 5.74) is 0.624. The summed E-state index contributed by atoms with van der Waals surface area (Å²) in [6.07, 6.45) is 1.84. The zero-order valence-corrected chi connectivity index (χ0v) is 12.1. The number of aryl methyl sites for hydroxylation is 1. The molecule has 1 aliphatic heterocycles. The van der Waals surface area contributed by atoms with E-state index in [1.807, 2.05) is 11.5 Å². The number of hydrogen-bond donors (Lipinski definition) is 1. The number of rotatable bonds is 4. The van der Waals surface area contributed by atoms with E-state index >= 15 is 0 Å². The fraction of sp³-hybridized carbons (Fsp3) is 0.615. The van der Waals surface area contributed by atoms with Gasteiger partial charge in [-0.15, -0.1) is 0 Å². The van der Waals surface area contributed by atoms with Crippen molar-refractivity contribution in [1.29, 1.82) is 0 Å². The summed E-state index contributed by atoms with van der Waals surface area (Å²) in [4.78, 5) is 14.1. The largest absolute Gasteiger partial charge is 0.374 e. The van der Waals surface area contributed by atoms with Crippen molar-refractivity contribution in [3.05, 3.63) is 23.0 Å². The van der Waals surface area contributed by atoms with Crippen LogP contribution < -0.4 is 5.32 Å². The van der Waals surface area contributed by atoms with Crippen molar-refractivity contribution < 1.29 is 9.53 Å². The van der Waals surface area contributed by atoms with Crippen LogP contribution in [0.15, 0.2) is 12.3 Å². The van der Waals surface area contributed by atoms with Gasteiger partial charge in [0.25, 0.3) is 5.91 Å². The van der Waals surface area contributed by atoms with Crippen LogP contribution in [0.1, 0.15) is 17.4 Å². The molecule has 1 aromatic heterocycles. The zero-order valence-electron chi connectivity index (χ0n) is 11.4. The summed E-state index contributed by atoms with van der Waals surface area (Å²) >= 11 is 5.96. The number of ether oxygens (including phenoxy) is 1. The second-order valence-electron chi connectivity index (χ2n) is 4.71. The molecule has 1 N–H and O–H groups in total. The Labute approximate surface area is 118 Å². The first-order valence-corrected chi connectivity index (χ1v) is 6.93. The number of aromatic nitrogens is 1. The third-order valence-corrected chi connectivity index (χ3v) is 3.46. The second kappa shape index (κ2) is 6.41. The smallest absolute Gasteiger partial charge is 0.270 e. The third kappa shape index (κ3) is 3.49. The van der Waals surface area contributed by atoms with Crippen LogP contribution in [0.4, 0.5) is 0 Å². The summed E-state index contributed by atoms with van der Waals surface area (Å²) in [6, 6.07) is 1.71. The quantitative estimate of drug-likeness (QED) is 0.905. The van der Waals surface area contributed by atoms with Crippen LogP contribution in [0.2, 0.25) is 5.02 Å². The van der Waals surface area contributed by atoms with Crippen LogP contribution >= 0.6 is 11.6 Å². The van der Waals surface area contributed by atoms with Gasteiger partial charge in [-0.05, 0) is 13.0 Å². The van der Waals surface area contributed by atoms with E-state index in [-0.39, 0.29) is 12.0 Å². The first kappa shape index (κ1) is 14.4. The molecule has 1 aromatic rings. The minimum atomic E-state index is -0.0251. The van der Waals surface area contributed by atoms with Crippen molar-refractivity contribution in [1.82, 2.24) is 14.8 Å². The van der Waals surface area contributed by atoms with Gasteiger partial charge in [-0.2, -0.15) is 0 Å². The van der Waals surface area contributed by atoms with E-state index < -0.39 is 0 Å². The average molecular weight is 286 g/mol. The molecule has 0 aliphatic carbocycles. The molecule has 2 rings (SSSR count). The molecule has 5 nitrogen and oxygen atoms in total. The first-order valence-electron chi connectivity index (χ1n) is 6.55. The van der Waals surface area contributed by atoms with E-state index in [4.69, 9.17) is 16.3 Å². The molecular weight excluding hydrogens is 266 g/mol. The fourth-order valence-electron chi connectivity index (χ4n) is 2.24. The van der Waals surface area contributed by atoms with E-state index in [1.165, 1.54) is 0 Å². The molecule has 0 radical (unpaired) electrons. The number of morpholine rings is 1. The number of carbonyl (C=O) groups excluding carboxylic acids is 1. The number of likely N-dealkylation sites (N-methyl/N-ethyl adjacent to an activating group) is 1. The van der Waals surface area contributed by atoms with Gasteiger partial charge in [0.2, 0.25) is 0 Å². The number of nitrogens with zero attached hydrogens (tertiary/aromatic N) is 2. The molecule has 0 bridgehead atoms. The summed E-state index contributed by atoms with van der Waals surface area (Å²) in [5.74, 6) is -0.0251. The monoisotopic (exact) mass is 285 g/mol. The molecular formula is C13H20ClN3O2. The molecule has 1 atom stereocenters. The molecule has 2 heterocycles. The maximum Gasteiger partial charge on any atom is 0.270 e. The van der Waals surface area contributed by atoms with Gasteiger partial charge in [0.1, 0.15) is 5.69 Å². The van der Waals surface area contributed by atoms with Crippen molar-refractivity contribution in [3.8, 4) is 0 Å². The van der Waals surface area contributed by atoms with E-state index in [0.717, 1.165) is 19.6 Å². The molecule has 1 saturated heterocycles. The van der Waals surface area contributed by atoms with Gasteiger partial charge in [0, 0.05) is 39.4 Å². The van der Waals surface area contributed by atoms with Gasteiger partial charge in [0.05, 0.1) is 17.7 Å². The Morgan fingerprint density at radius 3 is 3.11 bits per heavy atom. The van der Waals surface area contributed by atoms with Crippen LogP contribution in [0, 0.1) is 0 Å². The van der Waals surface area contributed by atoms with Gasteiger partial charge in [-0.1, -0.05) is 11.6 Å². The van der Waals surface area contributed by atoms with Crippen LogP contribution in [-0.4, -0.2) is 54.8 Å². The lowest BCUT2D eigenvalue weighted by atomic mass is 10.2. The van der Waals surface area contributed by atoms with E-state index in [2.05, 4.69) is 5.32 Å². The zero-order chi connectivity index (χ0) is 13.8. The van der Waals surface area contributed by atoms with Crippen molar-refractivity contribution in [2.75, 3.05) is 33.3 Å². The molecule has 19 heavy (non-hydrogen) atoms. The van der Waals surface area contributed by atoms with Crippen LogP contribution in [0.25, 0.3) is 0 Å². The highest BCUT2D eigenvalue weighted by Gasteiger charge is 2.21. The Hall–Kier alpha value is -1.04. The number of nitrogens with one attached hydrogen (secondary N) is 1. The lowest BCUT2D eigenvalue weighted by Gasteiger charge is -2.28. The summed E-state index contributed by atoms with van der Waals surface area (Å²) in [5, 5.41) is 3.85. The highest BCUT2D eigenvalue weighted by Crippen LogP contribution is 2.16. The van der Waals surface area contributed by atoms with Gasteiger partial charge >= 0.3 is 0 Å². The molecule has 1 fully saturated rings. The van der Waals surface area contributed by atoms with E-state index in [0.29, 0.717) is 23.9 Å². The number of hydrogen-bond acceptors (Lipinski definition) is 3. The third-order valence-electron chi connectivity index (χ3n) is 3.25. The van der Waals surface area contributed by atoms with E-state index in [1.54, 1.807) is 24.2 Å². The maximum atomic E-state index is 12.4. The Morgan fingerprint density at radius 2 is 2.47 bits per heavy atom. The second-order valence-corrected chi connectivity index (χ2v) is 5.15. The molecule has 6 heteroatoms. The lowest BCUT2D eigenvalue weighted by molar-refractivity contribution is 0.0101. The van der Waals surface area contributed by atoms with Crippen molar-refractivity contribution in [2.45, 2.75) is 19.6 Å². The predicted octanol–water partition coefficient (Wildman–Crippen LogP) is 1.22. The van der Waals surface area contributed by atoms with Crippen LogP contribution in [0.3, 0.4) is 0 Å². The Bertz CT molecular complexity index is 441. The van der Waals surface area contributed by atoms with Gasteiger partial charge in [0.15, 0.2) is 0 Å². The molecule has 0 spiro atoms. The highest BCUT2D eigenvalue weighted by atomic mass is 35.5. The molecule has 0 aromatic carbocycles. The Morgan fingerprint density at radius 1 is 1.68 bits per heavy atom. The van der Waals surface area contributed by atoms with Crippen molar-refractivity contribution >= 4 is 17.5 Å². The topological polar surface area (TPSA) is 46.5 Å². The molecule has 1 aliphatic rings. The number of carbonyl (C=O) groups is 1. The molecule has 0 saturated carbocycles. The van der Waals surface area contributed by atoms with Gasteiger partial charge in [-0.3, -0.25) is 4.79 Å². The molecule has 1 amide bonds. The standard InChI is InChI=1S/C13H20ClN3O2/c1-3-17-8-10(14)6-12(17)13(18)16(2)9-11-7-15-4-5-19-11/h6,8,11,15H,3-5,7,9H2,1-2H3. The highest BCUT2D eigenvalue weighted by molar-refractivity contribution is 6.31. The van der Waals surface area contributed by atoms with Gasteiger partial charge < -0.3 is 19.5 Å². The Balaban J connectivity index is 2.01. The lowest BCUT2D eigenvalue weighted by Crippen LogP contribution is -2.46. The Kier molecular flexibility index (Phi) is 4.85. The predicted molar refractivity (Wildman–Crippen MR) is 74.7 cm³/mol. The normalized spacial score (nSPS) is 19.4. The molecule has 106 valence electrons. The van der Waals surface area contributed by atoms with E-state index in [9.17, 15) is 4.79 Å². The maximum absolute atomic E-state index is 12.4. The first-order chi connectivity index (χ1) is 9.11. The summed E-state index contributed by atoms with van der Waals surface area (Å²) < 4.78 is 7.47.